The number of amides is 1. The molecule has 1 aromatic rings. The largest absolute Gasteiger partial charge is 0.493 e. The number of benzene rings is 1. The highest BCUT2D eigenvalue weighted by Gasteiger charge is 2.22. The number of hydrogen-bond donors (Lipinski definition) is 0. The number of hydrogen-bond acceptors (Lipinski definition) is 5. The van der Waals surface area contributed by atoms with Crippen LogP contribution in [0.4, 0.5) is 0 Å². The summed E-state index contributed by atoms with van der Waals surface area (Å²) in [6.45, 7) is 4.33. The lowest BCUT2D eigenvalue weighted by Crippen LogP contribution is -2.39. The first kappa shape index (κ1) is 16.7. The molecular weight excluding hydrogens is 274 g/mol. The number of carbonyl (C=O) groups excluding carboxylic acids is 3. The zero-order valence-electron chi connectivity index (χ0n) is 12.8. The molecule has 1 aromatic carbocycles. The van der Waals surface area contributed by atoms with Gasteiger partial charge >= 0.3 is 5.97 Å². The third-order valence-electron chi connectivity index (χ3n) is 3.16. The molecule has 0 aliphatic rings. The molecule has 0 N–H and O–H groups in total. The Morgan fingerprint density at radius 1 is 1.14 bits per heavy atom. The van der Waals surface area contributed by atoms with E-state index in [2.05, 4.69) is 0 Å². The molecule has 114 valence electrons. The van der Waals surface area contributed by atoms with Gasteiger partial charge in [-0.05, 0) is 25.1 Å². The second-order valence-electron chi connectivity index (χ2n) is 4.63. The van der Waals surface area contributed by atoms with E-state index in [1.165, 1.54) is 44.1 Å². The summed E-state index contributed by atoms with van der Waals surface area (Å²) >= 11 is 0. The van der Waals surface area contributed by atoms with Gasteiger partial charge in [-0.1, -0.05) is 0 Å². The Hall–Kier alpha value is -2.37. The average Bonchev–Trinajstić information content (AvgIpc) is 2.44. The van der Waals surface area contributed by atoms with E-state index in [4.69, 9.17) is 9.47 Å². The Labute approximate surface area is 123 Å². The van der Waals surface area contributed by atoms with Gasteiger partial charge in [-0.15, -0.1) is 0 Å². The summed E-state index contributed by atoms with van der Waals surface area (Å²) in [5, 5.41) is 0. The number of esters is 1. The predicted octanol–water partition coefficient (Wildman–Crippen LogP) is 1.67. The summed E-state index contributed by atoms with van der Waals surface area (Å²) in [6, 6.07) is 3.93. The molecule has 1 unspecified atom stereocenters. The van der Waals surface area contributed by atoms with Crippen LogP contribution in [-0.2, 0) is 9.59 Å². The molecule has 0 saturated heterocycles. The maximum Gasteiger partial charge on any atom is 0.308 e. The first-order chi connectivity index (χ1) is 9.77. The van der Waals surface area contributed by atoms with Crippen molar-refractivity contribution in [2.45, 2.75) is 26.8 Å². The Morgan fingerprint density at radius 2 is 1.76 bits per heavy atom. The van der Waals surface area contributed by atoms with Crippen molar-refractivity contribution >= 4 is 17.7 Å². The smallest absolute Gasteiger partial charge is 0.308 e. The summed E-state index contributed by atoms with van der Waals surface area (Å²) in [5.74, 6) is -0.361. The maximum absolute atomic E-state index is 12.3. The van der Waals surface area contributed by atoms with E-state index < -0.39 is 12.0 Å². The molecule has 1 rings (SSSR count). The number of likely N-dealkylation sites (N-methyl/N-ethyl adjacent to an activating group) is 1. The second-order valence-corrected chi connectivity index (χ2v) is 4.63. The van der Waals surface area contributed by atoms with Crippen molar-refractivity contribution in [1.29, 1.82) is 0 Å². The first-order valence-corrected chi connectivity index (χ1v) is 6.42. The van der Waals surface area contributed by atoms with Crippen LogP contribution in [0.2, 0.25) is 0 Å². The lowest BCUT2D eigenvalue weighted by atomic mass is 10.0. The van der Waals surface area contributed by atoms with Crippen LogP contribution in [0.1, 0.15) is 31.1 Å². The van der Waals surface area contributed by atoms with E-state index in [0.717, 1.165) is 0 Å². The van der Waals surface area contributed by atoms with Crippen LogP contribution in [0.25, 0.3) is 0 Å². The molecule has 0 aromatic heterocycles. The molecule has 0 bridgehead atoms. The quantitative estimate of drug-likeness (QED) is 0.469. The monoisotopic (exact) mass is 293 g/mol. The van der Waals surface area contributed by atoms with Gasteiger partial charge in [-0.2, -0.15) is 0 Å². The fourth-order valence-corrected chi connectivity index (χ4v) is 1.75. The van der Waals surface area contributed by atoms with E-state index >= 15 is 0 Å². The van der Waals surface area contributed by atoms with Crippen LogP contribution in [-0.4, -0.2) is 42.8 Å². The minimum atomic E-state index is -0.591. The SMILES string of the molecule is COc1cc(C(=O)C(C)N(C)C(C)=O)ccc1OC(C)=O. The number of Topliss-reactive ketones (excluding diaryl/α,β-unsaturated/α-hetero) is 1. The molecule has 0 radical (unpaired) electrons. The second kappa shape index (κ2) is 6.88. The van der Waals surface area contributed by atoms with Crippen LogP contribution < -0.4 is 9.47 Å². The van der Waals surface area contributed by atoms with Gasteiger partial charge < -0.3 is 14.4 Å². The van der Waals surface area contributed by atoms with E-state index in [-0.39, 0.29) is 23.2 Å². The third-order valence-corrected chi connectivity index (χ3v) is 3.16. The molecule has 0 aliphatic carbocycles. The van der Waals surface area contributed by atoms with Crippen molar-refractivity contribution in [3.05, 3.63) is 23.8 Å². The number of methoxy groups -OCH3 is 1. The zero-order valence-corrected chi connectivity index (χ0v) is 12.8. The summed E-state index contributed by atoms with van der Waals surface area (Å²) in [5.41, 5.74) is 0.378. The number of rotatable bonds is 5. The lowest BCUT2D eigenvalue weighted by molar-refractivity contribution is -0.132. The van der Waals surface area contributed by atoms with Gasteiger partial charge in [-0.25, -0.2) is 0 Å². The normalized spacial score (nSPS) is 11.5. The number of nitrogens with zero attached hydrogens (tertiary/aromatic N) is 1. The highest BCUT2D eigenvalue weighted by atomic mass is 16.6. The molecular formula is C15H19NO5. The van der Waals surface area contributed by atoms with Gasteiger partial charge in [0.15, 0.2) is 17.3 Å². The summed E-state index contributed by atoms with van der Waals surface area (Å²) in [4.78, 5) is 36.0. The fraction of sp³-hybridized carbons (Fsp3) is 0.400. The van der Waals surface area contributed by atoms with E-state index in [0.29, 0.717) is 5.56 Å². The van der Waals surface area contributed by atoms with Crippen molar-refractivity contribution < 1.29 is 23.9 Å². The minimum Gasteiger partial charge on any atom is -0.493 e. The lowest BCUT2D eigenvalue weighted by Gasteiger charge is -2.22. The Kier molecular flexibility index (Phi) is 5.46. The molecule has 0 fully saturated rings. The minimum absolute atomic E-state index is 0.195. The van der Waals surface area contributed by atoms with E-state index in [1.807, 2.05) is 0 Å². The zero-order chi connectivity index (χ0) is 16.2. The number of carbonyl (C=O) groups is 3. The maximum atomic E-state index is 12.3. The molecule has 0 aliphatic heterocycles. The summed E-state index contributed by atoms with van der Waals surface area (Å²) < 4.78 is 10.1. The van der Waals surface area contributed by atoms with E-state index in [1.54, 1.807) is 14.0 Å². The van der Waals surface area contributed by atoms with Gasteiger partial charge in [-0.3, -0.25) is 14.4 Å². The molecule has 21 heavy (non-hydrogen) atoms. The summed E-state index contributed by atoms with van der Waals surface area (Å²) in [7, 11) is 2.98. The molecule has 1 amide bonds. The number of ketones is 1. The first-order valence-electron chi connectivity index (χ1n) is 6.42. The Bertz CT molecular complexity index is 567. The molecule has 0 saturated carbocycles. The van der Waals surface area contributed by atoms with Crippen LogP contribution >= 0.6 is 0 Å². The van der Waals surface area contributed by atoms with Crippen molar-refractivity contribution in [3.8, 4) is 11.5 Å². The molecule has 6 nitrogen and oxygen atoms in total. The molecule has 6 heteroatoms. The van der Waals surface area contributed by atoms with Gasteiger partial charge in [0.1, 0.15) is 0 Å². The fourth-order valence-electron chi connectivity index (χ4n) is 1.75. The number of ether oxygens (including phenoxy) is 2. The van der Waals surface area contributed by atoms with Crippen LogP contribution in [0.5, 0.6) is 11.5 Å². The van der Waals surface area contributed by atoms with Gasteiger partial charge in [0.05, 0.1) is 13.2 Å². The van der Waals surface area contributed by atoms with Crippen molar-refractivity contribution in [1.82, 2.24) is 4.90 Å². The molecule has 0 spiro atoms. The average molecular weight is 293 g/mol. The van der Waals surface area contributed by atoms with E-state index in [9.17, 15) is 14.4 Å². The van der Waals surface area contributed by atoms with Crippen molar-refractivity contribution in [3.63, 3.8) is 0 Å². The van der Waals surface area contributed by atoms with Gasteiger partial charge in [0, 0.05) is 26.5 Å². The Balaban J connectivity index is 3.06. The molecule has 1 atom stereocenters. The third kappa shape index (κ3) is 4.05. The highest BCUT2D eigenvalue weighted by molar-refractivity contribution is 6.02. The molecule has 0 heterocycles. The predicted molar refractivity (Wildman–Crippen MR) is 76.5 cm³/mol. The van der Waals surface area contributed by atoms with Crippen molar-refractivity contribution in [2.75, 3.05) is 14.2 Å². The topological polar surface area (TPSA) is 72.9 Å². The van der Waals surface area contributed by atoms with Gasteiger partial charge in [0.2, 0.25) is 5.91 Å². The van der Waals surface area contributed by atoms with Crippen LogP contribution in [0.15, 0.2) is 18.2 Å². The van der Waals surface area contributed by atoms with Crippen molar-refractivity contribution in [2.24, 2.45) is 0 Å². The van der Waals surface area contributed by atoms with Crippen LogP contribution in [0.3, 0.4) is 0 Å². The highest BCUT2D eigenvalue weighted by Crippen LogP contribution is 2.29. The standard InChI is InChI=1S/C15H19NO5/c1-9(16(4)10(2)17)15(19)12-6-7-13(21-11(3)18)14(8-12)20-5/h6-9H,1-5H3. The van der Waals surface area contributed by atoms with Crippen LogP contribution in [0, 0.1) is 0 Å². The summed E-state index contributed by atoms with van der Waals surface area (Å²) in [6.07, 6.45) is 0. The Morgan fingerprint density at radius 3 is 2.24 bits per heavy atom. The van der Waals surface area contributed by atoms with Gasteiger partial charge in [0.25, 0.3) is 0 Å².